The third-order valence-electron chi connectivity index (χ3n) is 5.72. The molecule has 1 saturated heterocycles. The van der Waals surface area contributed by atoms with Crippen LogP contribution in [0.25, 0.3) is 0 Å². The maximum absolute atomic E-state index is 13.6. The highest BCUT2D eigenvalue weighted by molar-refractivity contribution is 6.30. The molecule has 168 valence electrons. The topological polar surface area (TPSA) is 67.4 Å². The smallest absolute Gasteiger partial charge is 0.223 e. The Morgan fingerprint density at radius 1 is 1.17 bits per heavy atom. The van der Waals surface area contributed by atoms with Crippen molar-refractivity contribution in [2.45, 2.75) is 64.5 Å². The van der Waals surface area contributed by atoms with Crippen molar-refractivity contribution in [1.29, 1.82) is 0 Å². The van der Waals surface area contributed by atoms with Crippen molar-refractivity contribution in [3.8, 4) is 0 Å². The largest absolute Gasteiger partial charge is 0.378 e. The van der Waals surface area contributed by atoms with Gasteiger partial charge in [0.05, 0.1) is 11.1 Å². The monoisotopic (exact) mass is 444 g/mol. The zero-order valence-corrected chi connectivity index (χ0v) is 18.4. The summed E-state index contributed by atoms with van der Waals surface area (Å²) >= 11 is 5.57. The van der Waals surface area contributed by atoms with Crippen LogP contribution in [-0.4, -0.2) is 31.6 Å². The molecule has 1 heterocycles. The molecule has 30 heavy (non-hydrogen) atoms. The van der Waals surface area contributed by atoms with Crippen LogP contribution in [0, 0.1) is 23.5 Å². The third kappa shape index (κ3) is 7.51. The van der Waals surface area contributed by atoms with Crippen LogP contribution in [-0.2, 0) is 20.9 Å². The van der Waals surface area contributed by atoms with Crippen LogP contribution in [0.2, 0.25) is 5.02 Å². The lowest BCUT2D eigenvalue weighted by Gasteiger charge is -2.11. The third-order valence-corrected chi connectivity index (χ3v) is 6.01. The number of rotatable bonds is 3. The van der Waals surface area contributed by atoms with E-state index in [1.165, 1.54) is 26.2 Å². The molecule has 0 spiro atoms. The van der Waals surface area contributed by atoms with Gasteiger partial charge in [0.15, 0.2) is 0 Å². The van der Waals surface area contributed by atoms with Gasteiger partial charge >= 0.3 is 0 Å². The average molecular weight is 445 g/mol. The van der Waals surface area contributed by atoms with Crippen molar-refractivity contribution in [2.75, 3.05) is 13.7 Å². The molecule has 5 nitrogen and oxygen atoms in total. The number of fused-ring (bicyclic) bond motifs is 2. The first-order valence-electron chi connectivity index (χ1n) is 10.5. The van der Waals surface area contributed by atoms with E-state index in [1.807, 2.05) is 0 Å². The number of carbonyl (C=O) groups excluding carboxylic acids is 2. The zero-order chi connectivity index (χ0) is 22.1. The van der Waals surface area contributed by atoms with Gasteiger partial charge in [-0.2, -0.15) is 0 Å². The summed E-state index contributed by atoms with van der Waals surface area (Å²) in [6, 6.07) is 2.26. The van der Waals surface area contributed by atoms with Crippen molar-refractivity contribution >= 4 is 23.4 Å². The summed E-state index contributed by atoms with van der Waals surface area (Å²) in [5.74, 6) is -0.691. The minimum Gasteiger partial charge on any atom is -0.378 e. The molecule has 4 rings (SSSR count). The van der Waals surface area contributed by atoms with Gasteiger partial charge in [0.1, 0.15) is 11.6 Å². The maximum Gasteiger partial charge on any atom is 0.223 e. The van der Waals surface area contributed by atoms with Crippen molar-refractivity contribution in [1.82, 2.24) is 10.6 Å². The molecule has 1 aromatic carbocycles. The molecular weight excluding hydrogens is 414 g/mol. The molecule has 1 aliphatic heterocycles. The van der Waals surface area contributed by atoms with Gasteiger partial charge in [0.25, 0.3) is 0 Å². The second kappa shape index (κ2) is 12.2. The van der Waals surface area contributed by atoms with Crippen LogP contribution < -0.4 is 10.6 Å². The van der Waals surface area contributed by atoms with Crippen LogP contribution in [0.5, 0.6) is 0 Å². The number of hydrogen-bond donors (Lipinski definition) is 2. The van der Waals surface area contributed by atoms with Crippen LogP contribution >= 0.6 is 11.6 Å². The van der Waals surface area contributed by atoms with E-state index < -0.39 is 11.6 Å². The lowest BCUT2D eigenvalue weighted by Crippen LogP contribution is -2.29. The van der Waals surface area contributed by atoms with Crippen molar-refractivity contribution in [2.24, 2.45) is 11.8 Å². The lowest BCUT2D eigenvalue weighted by atomic mass is 10.1. The quantitative estimate of drug-likeness (QED) is 0.680. The Hall–Kier alpha value is -1.73. The van der Waals surface area contributed by atoms with E-state index in [0.717, 1.165) is 50.3 Å². The van der Waals surface area contributed by atoms with E-state index >= 15 is 0 Å². The van der Waals surface area contributed by atoms with Crippen LogP contribution in [0.15, 0.2) is 12.1 Å². The Kier molecular flexibility index (Phi) is 9.98. The number of hydrogen-bond acceptors (Lipinski definition) is 3. The average Bonchev–Trinajstić information content (AvgIpc) is 3.51. The van der Waals surface area contributed by atoms with Crippen LogP contribution in [0.1, 0.15) is 57.4 Å². The highest BCUT2D eigenvalue weighted by atomic mass is 35.5. The number of ether oxygens (including phenoxy) is 1. The Morgan fingerprint density at radius 2 is 1.83 bits per heavy atom. The van der Waals surface area contributed by atoms with Gasteiger partial charge in [-0.1, -0.05) is 24.4 Å². The number of benzene rings is 1. The highest BCUT2D eigenvalue weighted by Crippen LogP contribution is 2.34. The van der Waals surface area contributed by atoms with E-state index in [-0.39, 0.29) is 34.9 Å². The van der Waals surface area contributed by atoms with E-state index in [9.17, 15) is 18.4 Å². The molecule has 3 aliphatic rings. The molecular formula is C22H31ClF2N2O3. The molecule has 2 amide bonds. The number of carbonyl (C=O) groups is 2. The fourth-order valence-electron chi connectivity index (χ4n) is 3.84. The predicted molar refractivity (Wildman–Crippen MR) is 112 cm³/mol. The second-order valence-corrected chi connectivity index (χ2v) is 8.37. The Bertz CT molecular complexity index is 709. The molecule has 0 radical (unpaired) electrons. The van der Waals surface area contributed by atoms with Gasteiger partial charge in [0.2, 0.25) is 11.8 Å². The summed E-state index contributed by atoms with van der Waals surface area (Å²) in [5.41, 5.74) is -0.186. The molecule has 2 aliphatic carbocycles. The highest BCUT2D eigenvalue weighted by Gasteiger charge is 2.31. The van der Waals surface area contributed by atoms with Gasteiger partial charge in [-0.25, -0.2) is 8.78 Å². The van der Waals surface area contributed by atoms with E-state index in [0.29, 0.717) is 6.10 Å². The van der Waals surface area contributed by atoms with E-state index in [2.05, 4.69) is 10.6 Å². The Balaban J connectivity index is 0.000000216. The Morgan fingerprint density at radius 3 is 2.27 bits per heavy atom. The summed E-state index contributed by atoms with van der Waals surface area (Å²) in [7, 11) is 1.60. The fraction of sp³-hybridized carbons (Fsp3) is 0.636. The summed E-state index contributed by atoms with van der Waals surface area (Å²) in [6.07, 6.45) is 8.59. The molecule has 2 saturated carbocycles. The number of nitrogens with one attached hydrogen (secondary N) is 2. The SMILES string of the molecule is C1C[C@H]2COC1C2.CNC(C)=O.O=C(NCc1c(F)ccc(Cl)c1F)C1CCCC1. The second-order valence-electron chi connectivity index (χ2n) is 7.96. The molecule has 8 heteroatoms. The Labute approximate surface area is 181 Å². The molecule has 1 aromatic rings. The summed E-state index contributed by atoms with van der Waals surface area (Å²) < 4.78 is 32.3. The molecule has 2 bridgehead atoms. The maximum atomic E-state index is 13.6. The molecule has 1 unspecified atom stereocenters. The van der Waals surface area contributed by atoms with E-state index in [1.54, 1.807) is 7.05 Å². The van der Waals surface area contributed by atoms with Gasteiger partial charge in [-0.05, 0) is 50.2 Å². The predicted octanol–water partition coefficient (Wildman–Crippen LogP) is 4.36. The fourth-order valence-corrected chi connectivity index (χ4v) is 4.02. The molecule has 0 aromatic heterocycles. The summed E-state index contributed by atoms with van der Waals surface area (Å²) in [4.78, 5) is 21.4. The minimum atomic E-state index is -0.802. The first-order valence-corrected chi connectivity index (χ1v) is 10.9. The lowest BCUT2D eigenvalue weighted by molar-refractivity contribution is -0.125. The molecule has 3 fully saturated rings. The van der Waals surface area contributed by atoms with Crippen molar-refractivity contribution in [3.05, 3.63) is 34.4 Å². The van der Waals surface area contributed by atoms with Crippen LogP contribution in [0.3, 0.4) is 0 Å². The zero-order valence-electron chi connectivity index (χ0n) is 17.6. The van der Waals surface area contributed by atoms with Crippen LogP contribution in [0.4, 0.5) is 8.78 Å². The van der Waals surface area contributed by atoms with Gasteiger partial charge in [0, 0.05) is 38.6 Å². The normalized spacial score (nSPS) is 21.9. The van der Waals surface area contributed by atoms with Gasteiger partial charge in [-0.3, -0.25) is 9.59 Å². The number of halogens is 3. The van der Waals surface area contributed by atoms with Crippen molar-refractivity contribution < 1.29 is 23.1 Å². The standard InChI is InChI=1S/C13H14ClF2NO.C6H10O.C3H7NO/c14-10-5-6-11(15)9(12(10)16)7-17-13(18)8-3-1-2-4-8;1-2-6-3-5(1)4-7-6;1-3(5)4-2/h5-6,8H,1-4,7H2,(H,17,18);5-6H,1-4H2;1-2H3,(H,4,5)/t;5-,6?;/m.1./s1. The minimum absolute atomic E-state index is 0.00463. The van der Waals surface area contributed by atoms with Gasteiger partial charge in [-0.15, -0.1) is 0 Å². The van der Waals surface area contributed by atoms with Crippen molar-refractivity contribution in [3.63, 3.8) is 0 Å². The first kappa shape index (κ1) is 24.5. The van der Waals surface area contributed by atoms with Gasteiger partial charge < -0.3 is 15.4 Å². The number of amides is 2. The molecule has 2 atom stereocenters. The summed E-state index contributed by atoms with van der Waals surface area (Å²) in [5, 5.41) is 4.82. The first-order chi connectivity index (χ1) is 14.3. The van der Waals surface area contributed by atoms with E-state index in [4.69, 9.17) is 16.3 Å². The summed E-state index contributed by atoms with van der Waals surface area (Å²) in [6.45, 7) is 2.37. The molecule has 2 N–H and O–H groups in total.